The molecule has 1 atom stereocenters. The molecule has 1 saturated heterocycles. The van der Waals surface area contributed by atoms with Gasteiger partial charge in [0.05, 0.1) is 5.60 Å². The maximum atomic E-state index is 9.97. The van der Waals surface area contributed by atoms with Crippen molar-refractivity contribution in [3.05, 3.63) is 29.3 Å². The van der Waals surface area contributed by atoms with Crippen LogP contribution in [0.2, 0.25) is 0 Å². The van der Waals surface area contributed by atoms with Gasteiger partial charge in [0.1, 0.15) is 5.75 Å². The molecule has 1 aliphatic rings. The number of benzene rings is 1. The maximum absolute atomic E-state index is 9.97. The molecule has 0 amide bonds. The number of phenolic OH excluding ortho intramolecular Hbond substituents is 1. The lowest BCUT2D eigenvalue weighted by atomic mass is 9.94. The predicted octanol–water partition coefficient (Wildman–Crippen LogP) is 2.75. The molecular weight excluding hydrogens is 226 g/mol. The zero-order valence-electron chi connectivity index (χ0n) is 11.5. The van der Waals surface area contributed by atoms with Crippen LogP contribution in [0.25, 0.3) is 0 Å². The highest BCUT2D eigenvalue weighted by atomic mass is 16.5. The fraction of sp³-hybridized carbons (Fsp3) is 0.600. The van der Waals surface area contributed by atoms with E-state index in [0.717, 1.165) is 30.6 Å². The van der Waals surface area contributed by atoms with Crippen molar-refractivity contribution in [1.29, 1.82) is 0 Å². The molecule has 1 aromatic carbocycles. The second kappa shape index (κ2) is 5.29. The second-order valence-corrected chi connectivity index (χ2v) is 5.76. The Kier molecular flexibility index (Phi) is 3.93. The lowest BCUT2D eigenvalue weighted by Crippen LogP contribution is -2.43. The lowest BCUT2D eigenvalue weighted by Gasteiger charge is -2.36. The van der Waals surface area contributed by atoms with Gasteiger partial charge in [0.25, 0.3) is 0 Å². The number of aryl methyl sites for hydroxylation is 1. The van der Waals surface area contributed by atoms with Crippen molar-refractivity contribution in [2.75, 3.05) is 6.61 Å². The van der Waals surface area contributed by atoms with Gasteiger partial charge in [-0.25, -0.2) is 0 Å². The summed E-state index contributed by atoms with van der Waals surface area (Å²) in [4.78, 5) is 0. The summed E-state index contributed by atoms with van der Waals surface area (Å²) in [7, 11) is 0. The van der Waals surface area contributed by atoms with Gasteiger partial charge in [0, 0.05) is 24.8 Å². The molecule has 1 heterocycles. The van der Waals surface area contributed by atoms with Gasteiger partial charge in [-0.15, -0.1) is 0 Å². The molecular formula is C15H23NO2. The number of para-hydroxylation sites is 1. The van der Waals surface area contributed by atoms with E-state index >= 15 is 0 Å². The molecule has 1 fully saturated rings. The van der Waals surface area contributed by atoms with Gasteiger partial charge in [0.15, 0.2) is 0 Å². The lowest BCUT2D eigenvalue weighted by molar-refractivity contribution is -0.0630. The van der Waals surface area contributed by atoms with E-state index in [1.165, 1.54) is 0 Å². The Hall–Kier alpha value is -1.06. The first kappa shape index (κ1) is 13.4. The SMILES string of the molecule is Cc1cccc(CNC2CCOC(C)(C)C2)c1O. The number of aromatic hydroxyl groups is 1. The monoisotopic (exact) mass is 249 g/mol. The van der Waals surface area contributed by atoms with Gasteiger partial charge in [-0.2, -0.15) is 0 Å². The van der Waals surface area contributed by atoms with Gasteiger partial charge < -0.3 is 15.2 Å². The highest BCUT2D eigenvalue weighted by Crippen LogP contribution is 2.25. The Morgan fingerprint density at radius 2 is 2.22 bits per heavy atom. The summed E-state index contributed by atoms with van der Waals surface area (Å²) >= 11 is 0. The van der Waals surface area contributed by atoms with Crippen LogP contribution in [0, 0.1) is 6.92 Å². The van der Waals surface area contributed by atoms with Crippen LogP contribution in [0.15, 0.2) is 18.2 Å². The average molecular weight is 249 g/mol. The third-order valence-corrected chi connectivity index (χ3v) is 3.60. The smallest absolute Gasteiger partial charge is 0.122 e. The predicted molar refractivity (Wildman–Crippen MR) is 72.7 cm³/mol. The van der Waals surface area contributed by atoms with Crippen LogP contribution >= 0.6 is 0 Å². The largest absolute Gasteiger partial charge is 0.507 e. The Bertz CT molecular complexity index is 415. The number of rotatable bonds is 3. The van der Waals surface area contributed by atoms with Gasteiger partial charge in [-0.05, 0) is 39.2 Å². The van der Waals surface area contributed by atoms with Crippen LogP contribution in [-0.2, 0) is 11.3 Å². The zero-order chi connectivity index (χ0) is 13.2. The van der Waals surface area contributed by atoms with E-state index in [0.29, 0.717) is 18.3 Å². The topological polar surface area (TPSA) is 41.5 Å². The molecule has 0 radical (unpaired) electrons. The molecule has 0 aromatic heterocycles. The summed E-state index contributed by atoms with van der Waals surface area (Å²) < 4.78 is 5.70. The first-order chi connectivity index (χ1) is 8.48. The number of phenols is 1. The molecule has 1 unspecified atom stereocenters. The summed E-state index contributed by atoms with van der Waals surface area (Å²) in [5.74, 6) is 0.413. The fourth-order valence-corrected chi connectivity index (χ4v) is 2.52. The first-order valence-corrected chi connectivity index (χ1v) is 6.63. The molecule has 3 nitrogen and oxygen atoms in total. The van der Waals surface area contributed by atoms with E-state index in [4.69, 9.17) is 4.74 Å². The molecule has 1 aromatic rings. The summed E-state index contributed by atoms with van der Waals surface area (Å²) in [6.07, 6.45) is 2.05. The van der Waals surface area contributed by atoms with Crippen molar-refractivity contribution in [1.82, 2.24) is 5.32 Å². The Labute approximate surface area is 109 Å². The van der Waals surface area contributed by atoms with Crippen molar-refractivity contribution in [3.63, 3.8) is 0 Å². The molecule has 1 aliphatic heterocycles. The third kappa shape index (κ3) is 3.24. The Morgan fingerprint density at radius 3 is 2.94 bits per heavy atom. The van der Waals surface area contributed by atoms with E-state index in [1.54, 1.807) is 0 Å². The maximum Gasteiger partial charge on any atom is 0.122 e. The van der Waals surface area contributed by atoms with Crippen LogP contribution < -0.4 is 5.32 Å². The normalized spacial score (nSPS) is 22.9. The van der Waals surface area contributed by atoms with Crippen LogP contribution in [0.4, 0.5) is 0 Å². The number of hydrogen-bond donors (Lipinski definition) is 2. The quantitative estimate of drug-likeness (QED) is 0.865. The number of hydrogen-bond acceptors (Lipinski definition) is 3. The van der Waals surface area contributed by atoms with Gasteiger partial charge >= 0.3 is 0 Å². The molecule has 2 N–H and O–H groups in total. The molecule has 2 rings (SSSR count). The molecule has 100 valence electrons. The van der Waals surface area contributed by atoms with E-state index < -0.39 is 0 Å². The standard InChI is InChI=1S/C15H23NO2/c1-11-5-4-6-12(14(11)17)10-16-13-7-8-18-15(2,3)9-13/h4-6,13,16-17H,7-10H2,1-3H3. The minimum Gasteiger partial charge on any atom is -0.507 e. The molecule has 0 spiro atoms. The van der Waals surface area contributed by atoms with Gasteiger partial charge in [-0.3, -0.25) is 0 Å². The molecule has 18 heavy (non-hydrogen) atoms. The fourth-order valence-electron chi connectivity index (χ4n) is 2.52. The van der Waals surface area contributed by atoms with Crippen molar-refractivity contribution in [2.24, 2.45) is 0 Å². The average Bonchev–Trinajstić information content (AvgIpc) is 2.30. The Morgan fingerprint density at radius 1 is 1.44 bits per heavy atom. The Balaban J connectivity index is 1.93. The minimum atomic E-state index is -0.0371. The van der Waals surface area contributed by atoms with E-state index in [9.17, 15) is 5.11 Å². The van der Waals surface area contributed by atoms with E-state index in [-0.39, 0.29) is 5.60 Å². The van der Waals surface area contributed by atoms with Crippen molar-refractivity contribution < 1.29 is 9.84 Å². The highest BCUT2D eigenvalue weighted by Gasteiger charge is 2.28. The van der Waals surface area contributed by atoms with Crippen LogP contribution in [-0.4, -0.2) is 23.4 Å². The van der Waals surface area contributed by atoms with Gasteiger partial charge in [0.2, 0.25) is 0 Å². The highest BCUT2D eigenvalue weighted by molar-refractivity contribution is 5.39. The van der Waals surface area contributed by atoms with Gasteiger partial charge in [-0.1, -0.05) is 18.2 Å². The van der Waals surface area contributed by atoms with Crippen molar-refractivity contribution in [3.8, 4) is 5.75 Å². The molecule has 0 aliphatic carbocycles. The van der Waals surface area contributed by atoms with E-state index in [2.05, 4.69) is 19.2 Å². The molecule has 3 heteroatoms. The van der Waals surface area contributed by atoms with Crippen LogP contribution in [0.5, 0.6) is 5.75 Å². The molecule has 0 saturated carbocycles. The minimum absolute atomic E-state index is 0.0371. The van der Waals surface area contributed by atoms with Crippen LogP contribution in [0.3, 0.4) is 0 Å². The second-order valence-electron chi connectivity index (χ2n) is 5.76. The number of nitrogens with one attached hydrogen (secondary N) is 1. The first-order valence-electron chi connectivity index (χ1n) is 6.63. The summed E-state index contributed by atoms with van der Waals surface area (Å²) in [6.45, 7) is 7.71. The summed E-state index contributed by atoms with van der Waals surface area (Å²) in [5.41, 5.74) is 1.87. The summed E-state index contributed by atoms with van der Waals surface area (Å²) in [6, 6.07) is 6.35. The summed E-state index contributed by atoms with van der Waals surface area (Å²) in [5, 5.41) is 13.5. The zero-order valence-corrected chi connectivity index (χ0v) is 11.5. The van der Waals surface area contributed by atoms with Crippen LogP contribution in [0.1, 0.15) is 37.8 Å². The number of ether oxygens (including phenoxy) is 1. The van der Waals surface area contributed by atoms with Crippen molar-refractivity contribution >= 4 is 0 Å². The van der Waals surface area contributed by atoms with E-state index in [1.807, 2.05) is 25.1 Å². The van der Waals surface area contributed by atoms with Crippen molar-refractivity contribution in [2.45, 2.75) is 51.8 Å². The third-order valence-electron chi connectivity index (χ3n) is 3.60. The molecule has 0 bridgehead atoms.